The summed E-state index contributed by atoms with van der Waals surface area (Å²) < 4.78 is 10.6. The fraction of sp³-hybridized carbons (Fsp3) is 0.765. The minimum atomic E-state index is 0.406. The van der Waals surface area contributed by atoms with E-state index in [4.69, 9.17) is 9.47 Å². The summed E-state index contributed by atoms with van der Waals surface area (Å²) in [5.41, 5.74) is 1.19. The van der Waals surface area contributed by atoms with Gasteiger partial charge in [-0.1, -0.05) is 20.8 Å². The lowest BCUT2D eigenvalue weighted by atomic mass is 9.71. The fourth-order valence-electron chi connectivity index (χ4n) is 3.26. The smallest absolute Gasteiger partial charge is 0.185 e. The van der Waals surface area contributed by atoms with Crippen molar-refractivity contribution in [2.24, 2.45) is 11.3 Å². The molecule has 22 heavy (non-hydrogen) atoms. The van der Waals surface area contributed by atoms with Gasteiger partial charge in [0.15, 0.2) is 11.6 Å². The molecule has 0 amide bonds. The van der Waals surface area contributed by atoms with E-state index in [2.05, 4.69) is 36.1 Å². The first kappa shape index (κ1) is 17.0. The molecule has 0 spiro atoms. The first-order valence-corrected chi connectivity index (χ1v) is 8.09. The standard InChI is InChI=1S/C17H29N3O2/c1-17(2,3)12-6-8-13(9-7-12)20-16-15(22-5)14(10-21-4)18-11-19-16/h11-13H,6-10H2,1-5H3,(H,18,19,20). The van der Waals surface area contributed by atoms with Gasteiger partial charge in [-0.25, -0.2) is 9.97 Å². The number of ether oxygens (including phenoxy) is 2. The molecule has 0 saturated heterocycles. The highest BCUT2D eigenvalue weighted by atomic mass is 16.5. The Morgan fingerprint density at radius 2 is 1.82 bits per heavy atom. The molecule has 0 radical (unpaired) electrons. The molecule has 1 N–H and O–H groups in total. The summed E-state index contributed by atoms with van der Waals surface area (Å²) >= 11 is 0. The quantitative estimate of drug-likeness (QED) is 0.900. The molecule has 2 rings (SSSR count). The van der Waals surface area contributed by atoms with E-state index >= 15 is 0 Å². The minimum absolute atomic E-state index is 0.406. The second-order valence-electron chi connectivity index (χ2n) is 7.19. The van der Waals surface area contributed by atoms with Crippen molar-refractivity contribution in [1.82, 2.24) is 9.97 Å². The zero-order valence-electron chi connectivity index (χ0n) is 14.5. The second kappa shape index (κ2) is 7.27. The van der Waals surface area contributed by atoms with Crippen LogP contribution in [0, 0.1) is 11.3 Å². The molecular formula is C17H29N3O2. The molecule has 0 unspecified atom stereocenters. The summed E-state index contributed by atoms with van der Waals surface area (Å²) in [5.74, 6) is 2.29. The van der Waals surface area contributed by atoms with Crippen molar-refractivity contribution in [1.29, 1.82) is 0 Å². The lowest BCUT2D eigenvalue weighted by Gasteiger charge is -2.37. The Morgan fingerprint density at radius 3 is 2.36 bits per heavy atom. The summed E-state index contributed by atoms with van der Waals surface area (Å²) in [5, 5.41) is 3.54. The van der Waals surface area contributed by atoms with Gasteiger partial charge in [0.25, 0.3) is 0 Å². The van der Waals surface area contributed by atoms with E-state index in [-0.39, 0.29) is 0 Å². The maximum Gasteiger partial charge on any atom is 0.185 e. The molecule has 1 aliphatic rings. The summed E-state index contributed by atoms with van der Waals surface area (Å²) in [6, 6.07) is 0.456. The molecule has 0 atom stereocenters. The van der Waals surface area contributed by atoms with Gasteiger partial charge >= 0.3 is 0 Å². The van der Waals surface area contributed by atoms with Crippen LogP contribution < -0.4 is 10.1 Å². The number of aromatic nitrogens is 2. The third kappa shape index (κ3) is 4.09. The predicted octanol–water partition coefficient (Wildman–Crippen LogP) is 3.65. The molecular weight excluding hydrogens is 278 g/mol. The molecule has 124 valence electrons. The molecule has 1 fully saturated rings. The number of anilines is 1. The zero-order valence-corrected chi connectivity index (χ0v) is 14.5. The van der Waals surface area contributed by atoms with Crippen molar-refractivity contribution in [2.45, 2.75) is 59.1 Å². The number of rotatable bonds is 5. The molecule has 1 saturated carbocycles. The van der Waals surface area contributed by atoms with E-state index in [9.17, 15) is 0 Å². The highest BCUT2D eigenvalue weighted by Gasteiger charge is 2.30. The van der Waals surface area contributed by atoms with Gasteiger partial charge in [-0.15, -0.1) is 0 Å². The highest BCUT2D eigenvalue weighted by Crippen LogP contribution is 2.39. The van der Waals surface area contributed by atoms with Crippen molar-refractivity contribution in [2.75, 3.05) is 19.5 Å². The average molecular weight is 307 g/mol. The van der Waals surface area contributed by atoms with Crippen LogP contribution in [0.15, 0.2) is 6.33 Å². The molecule has 5 nitrogen and oxygen atoms in total. The van der Waals surface area contributed by atoms with Crippen LogP contribution in [0.4, 0.5) is 5.82 Å². The molecule has 0 aliphatic heterocycles. The van der Waals surface area contributed by atoms with E-state index in [1.807, 2.05) is 0 Å². The van der Waals surface area contributed by atoms with Crippen molar-refractivity contribution in [3.05, 3.63) is 12.0 Å². The molecule has 0 bridgehead atoms. The Balaban J connectivity index is 2.02. The van der Waals surface area contributed by atoms with Gasteiger partial charge < -0.3 is 14.8 Å². The van der Waals surface area contributed by atoms with Gasteiger partial charge in [-0.2, -0.15) is 0 Å². The first-order valence-electron chi connectivity index (χ1n) is 8.09. The van der Waals surface area contributed by atoms with Crippen LogP contribution in [0.1, 0.15) is 52.1 Å². The van der Waals surface area contributed by atoms with E-state index < -0.39 is 0 Å². The molecule has 1 aromatic heterocycles. The van der Waals surface area contributed by atoms with Crippen LogP contribution in [-0.4, -0.2) is 30.2 Å². The van der Waals surface area contributed by atoms with Crippen molar-refractivity contribution in [3.63, 3.8) is 0 Å². The highest BCUT2D eigenvalue weighted by molar-refractivity contribution is 5.52. The molecule has 1 heterocycles. The van der Waals surface area contributed by atoms with Crippen LogP contribution in [0.2, 0.25) is 0 Å². The second-order valence-corrected chi connectivity index (χ2v) is 7.19. The van der Waals surface area contributed by atoms with Crippen LogP contribution in [-0.2, 0) is 11.3 Å². The Bertz CT molecular complexity index is 477. The van der Waals surface area contributed by atoms with Crippen molar-refractivity contribution >= 4 is 5.82 Å². The predicted molar refractivity (Wildman–Crippen MR) is 88.1 cm³/mol. The van der Waals surface area contributed by atoms with Crippen LogP contribution in [0.25, 0.3) is 0 Å². The van der Waals surface area contributed by atoms with Gasteiger partial charge in [0.2, 0.25) is 0 Å². The normalized spacial score (nSPS) is 22.4. The topological polar surface area (TPSA) is 56.3 Å². The number of nitrogens with one attached hydrogen (secondary N) is 1. The number of methoxy groups -OCH3 is 2. The van der Waals surface area contributed by atoms with Crippen molar-refractivity contribution < 1.29 is 9.47 Å². The van der Waals surface area contributed by atoms with Gasteiger partial charge in [-0.05, 0) is 37.0 Å². The van der Waals surface area contributed by atoms with Crippen LogP contribution in [0.5, 0.6) is 5.75 Å². The Morgan fingerprint density at radius 1 is 1.14 bits per heavy atom. The van der Waals surface area contributed by atoms with E-state index in [0.29, 0.717) is 23.8 Å². The molecule has 5 heteroatoms. The fourth-order valence-corrected chi connectivity index (χ4v) is 3.26. The van der Waals surface area contributed by atoms with Crippen LogP contribution >= 0.6 is 0 Å². The minimum Gasteiger partial charge on any atom is -0.491 e. The summed E-state index contributed by atoms with van der Waals surface area (Å²) in [4.78, 5) is 8.59. The van der Waals surface area contributed by atoms with Crippen LogP contribution in [0.3, 0.4) is 0 Å². The Kier molecular flexibility index (Phi) is 5.62. The molecule has 1 aromatic rings. The third-order valence-corrected chi connectivity index (χ3v) is 4.66. The van der Waals surface area contributed by atoms with Gasteiger partial charge in [-0.3, -0.25) is 0 Å². The largest absolute Gasteiger partial charge is 0.491 e. The maximum atomic E-state index is 5.48. The number of hydrogen-bond acceptors (Lipinski definition) is 5. The lowest BCUT2D eigenvalue weighted by Crippen LogP contribution is -2.32. The zero-order chi connectivity index (χ0) is 16.2. The number of hydrogen-bond donors (Lipinski definition) is 1. The van der Waals surface area contributed by atoms with Crippen molar-refractivity contribution in [3.8, 4) is 5.75 Å². The molecule has 1 aliphatic carbocycles. The molecule has 0 aromatic carbocycles. The van der Waals surface area contributed by atoms with E-state index in [0.717, 1.165) is 17.4 Å². The maximum absolute atomic E-state index is 5.48. The van der Waals surface area contributed by atoms with Gasteiger partial charge in [0, 0.05) is 13.2 Å². The summed E-state index contributed by atoms with van der Waals surface area (Å²) in [7, 11) is 3.31. The van der Waals surface area contributed by atoms with Gasteiger partial charge in [0.1, 0.15) is 12.0 Å². The lowest BCUT2D eigenvalue weighted by molar-refractivity contribution is 0.173. The van der Waals surface area contributed by atoms with Gasteiger partial charge in [0.05, 0.1) is 13.7 Å². The summed E-state index contributed by atoms with van der Waals surface area (Å²) in [6.45, 7) is 7.46. The van der Waals surface area contributed by atoms with E-state index in [1.165, 1.54) is 25.7 Å². The average Bonchev–Trinajstić information content (AvgIpc) is 2.47. The summed E-state index contributed by atoms with van der Waals surface area (Å²) in [6.07, 6.45) is 6.45. The first-order chi connectivity index (χ1) is 10.5. The monoisotopic (exact) mass is 307 g/mol. The Hall–Kier alpha value is -1.36. The Labute approximate surface area is 133 Å². The van der Waals surface area contributed by atoms with E-state index in [1.54, 1.807) is 20.5 Å². The third-order valence-electron chi connectivity index (χ3n) is 4.66. The SMILES string of the molecule is COCc1ncnc(NC2CCC(C(C)(C)C)CC2)c1OC. The number of nitrogens with zero attached hydrogens (tertiary/aromatic N) is 2.